The molecule has 2 rings (SSSR count). The minimum absolute atomic E-state index is 0.425. The van der Waals surface area contributed by atoms with Crippen LogP contribution >= 0.6 is 0 Å². The van der Waals surface area contributed by atoms with Gasteiger partial charge < -0.3 is 9.47 Å². The van der Waals surface area contributed by atoms with Crippen molar-refractivity contribution in [1.29, 1.82) is 0 Å². The minimum Gasteiger partial charge on any atom is -0.421 e. The first kappa shape index (κ1) is 11.8. The highest BCUT2D eigenvalue weighted by Crippen LogP contribution is 2.47. The molecule has 0 radical (unpaired) electrons. The van der Waals surface area contributed by atoms with Crippen LogP contribution in [-0.4, -0.2) is 12.2 Å². The Kier molecular flexibility index (Phi) is 2.34. The average Bonchev–Trinajstić information content (AvgIpc) is 2.17. The number of rotatable bonds is 1. The fraction of sp³-hybridized carbons (Fsp3) is 0.273. The number of benzene rings is 1. The van der Waals surface area contributed by atoms with Gasteiger partial charge in [0.1, 0.15) is 0 Å². The molecule has 92 valence electrons. The molecule has 1 aliphatic heterocycles. The van der Waals surface area contributed by atoms with Gasteiger partial charge in [0.15, 0.2) is 11.5 Å². The summed E-state index contributed by atoms with van der Waals surface area (Å²) in [5, 5.41) is 0. The molecule has 0 spiro atoms. The van der Waals surface area contributed by atoms with E-state index < -0.39 is 23.7 Å². The summed E-state index contributed by atoms with van der Waals surface area (Å²) in [6.45, 7) is 5.26. The Morgan fingerprint density at radius 3 is 2.12 bits per heavy atom. The van der Waals surface area contributed by atoms with E-state index in [-0.39, 0.29) is 0 Å². The molecule has 6 heteroatoms. The Hall–Kier alpha value is -1.72. The van der Waals surface area contributed by atoms with E-state index in [9.17, 15) is 17.6 Å². The van der Waals surface area contributed by atoms with Crippen molar-refractivity contribution in [3.63, 3.8) is 0 Å². The maximum Gasteiger partial charge on any atom is 0.507 e. The van der Waals surface area contributed by atoms with Gasteiger partial charge in [-0.3, -0.25) is 0 Å². The zero-order valence-corrected chi connectivity index (χ0v) is 8.77. The van der Waals surface area contributed by atoms with Crippen LogP contribution in [0.25, 0.3) is 5.57 Å². The van der Waals surface area contributed by atoms with Crippen LogP contribution in [0.5, 0.6) is 11.5 Å². The summed E-state index contributed by atoms with van der Waals surface area (Å²) >= 11 is 0. The molecule has 0 bridgehead atoms. The van der Waals surface area contributed by atoms with E-state index in [0.29, 0.717) is 11.1 Å². The topological polar surface area (TPSA) is 18.5 Å². The molecule has 0 unspecified atom stereocenters. The third-order valence-electron chi connectivity index (χ3n) is 2.25. The molecule has 0 amide bonds. The molecule has 0 saturated heterocycles. The van der Waals surface area contributed by atoms with Crippen LogP contribution in [-0.2, 0) is 0 Å². The Labute approximate surface area is 94.4 Å². The summed E-state index contributed by atoms with van der Waals surface area (Å²) < 4.78 is 59.3. The lowest BCUT2D eigenvalue weighted by Crippen LogP contribution is -2.52. The monoisotopic (exact) mass is 248 g/mol. The van der Waals surface area contributed by atoms with Crippen LogP contribution in [0.1, 0.15) is 12.5 Å². The van der Waals surface area contributed by atoms with Crippen molar-refractivity contribution in [1.82, 2.24) is 0 Å². The Bertz CT molecular complexity index is 482. The lowest BCUT2D eigenvalue weighted by atomic mass is 10.1. The third-order valence-corrected chi connectivity index (χ3v) is 2.25. The van der Waals surface area contributed by atoms with Gasteiger partial charge >= 0.3 is 12.2 Å². The molecule has 0 N–H and O–H groups in total. The minimum atomic E-state index is -4.69. The van der Waals surface area contributed by atoms with Gasteiger partial charge in [-0.05, 0) is 24.6 Å². The summed E-state index contributed by atoms with van der Waals surface area (Å²) in [6.07, 6.45) is -9.36. The number of hydrogen-bond acceptors (Lipinski definition) is 2. The Morgan fingerprint density at radius 2 is 1.59 bits per heavy atom. The summed E-state index contributed by atoms with van der Waals surface area (Å²) in [7, 11) is 0. The molecule has 0 aliphatic carbocycles. The van der Waals surface area contributed by atoms with Crippen molar-refractivity contribution in [2.75, 3.05) is 0 Å². The number of allylic oxidation sites excluding steroid dienone is 1. The van der Waals surface area contributed by atoms with E-state index >= 15 is 0 Å². The van der Waals surface area contributed by atoms with E-state index in [2.05, 4.69) is 16.1 Å². The summed E-state index contributed by atoms with van der Waals surface area (Å²) in [5.41, 5.74) is 1.10. The van der Waals surface area contributed by atoms with Gasteiger partial charge in [-0.1, -0.05) is 18.2 Å². The molecule has 1 aromatic rings. The van der Waals surface area contributed by atoms with Crippen LogP contribution in [0.3, 0.4) is 0 Å². The van der Waals surface area contributed by atoms with E-state index in [0.717, 1.165) is 6.07 Å². The van der Waals surface area contributed by atoms with Gasteiger partial charge in [0.05, 0.1) is 0 Å². The van der Waals surface area contributed by atoms with Crippen molar-refractivity contribution in [2.45, 2.75) is 19.1 Å². The van der Waals surface area contributed by atoms with Crippen molar-refractivity contribution in [3.05, 3.63) is 30.3 Å². The highest BCUT2D eigenvalue weighted by Gasteiger charge is 2.65. The van der Waals surface area contributed by atoms with E-state index in [1.54, 1.807) is 6.92 Å². The first-order valence-electron chi connectivity index (χ1n) is 4.66. The maximum absolute atomic E-state index is 12.9. The van der Waals surface area contributed by atoms with Gasteiger partial charge in [0.2, 0.25) is 0 Å². The Balaban J connectivity index is 2.47. The van der Waals surface area contributed by atoms with E-state index in [1.165, 1.54) is 12.1 Å². The van der Waals surface area contributed by atoms with E-state index in [1.807, 2.05) is 0 Å². The van der Waals surface area contributed by atoms with Gasteiger partial charge in [-0.2, -0.15) is 17.6 Å². The van der Waals surface area contributed by atoms with Crippen LogP contribution in [0.2, 0.25) is 0 Å². The van der Waals surface area contributed by atoms with Gasteiger partial charge in [-0.25, -0.2) is 0 Å². The normalized spacial score (nSPS) is 19.8. The number of halogens is 4. The first-order valence-corrected chi connectivity index (χ1v) is 4.66. The van der Waals surface area contributed by atoms with Crippen molar-refractivity contribution >= 4 is 5.57 Å². The van der Waals surface area contributed by atoms with Crippen molar-refractivity contribution in [2.24, 2.45) is 0 Å². The highest BCUT2D eigenvalue weighted by atomic mass is 19.3. The summed E-state index contributed by atoms with van der Waals surface area (Å²) in [4.78, 5) is 0. The fourth-order valence-corrected chi connectivity index (χ4v) is 1.33. The van der Waals surface area contributed by atoms with Crippen LogP contribution in [0, 0.1) is 0 Å². The SMILES string of the molecule is C=C(C)c1ccc2c(c1)OC(F)(F)C(F)(F)O2. The molecule has 0 fully saturated rings. The second kappa shape index (κ2) is 3.38. The smallest absolute Gasteiger partial charge is 0.421 e. The average molecular weight is 248 g/mol. The standard InChI is InChI=1S/C11H8F4O2/c1-6(2)7-3-4-8-9(5-7)17-11(14,15)10(12,13)16-8/h3-5H,1H2,2H3. The first-order chi connectivity index (χ1) is 7.73. The third kappa shape index (κ3) is 1.83. The molecular formula is C11H8F4O2. The second-order valence-corrected chi connectivity index (χ2v) is 3.68. The number of alkyl halides is 4. The van der Waals surface area contributed by atoms with Gasteiger partial charge in [0, 0.05) is 0 Å². The molecule has 2 nitrogen and oxygen atoms in total. The number of fused-ring (bicyclic) bond motifs is 1. The zero-order chi connectivity index (χ0) is 12.8. The molecule has 0 atom stereocenters. The predicted molar refractivity (Wildman–Crippen MR) is 52.3 cm³/mol. The van der Waals surface area contributed by atoms with Crippen molar-refractivity contribution < 1.29 is 27.0 Å². The van der Waals surface area contributed by atoms with Gasteiger partial charge in [0.25, 0.3) is 0 Å². The van der Waals surface area contributed by atoms with Gasteiger partial charge in [-0.15, -0.1) is 0 Å². The van der Waals surface area contributed by atoms with Crippen LogP contribution in [0.15, 0.2) is 24.8 Å². The zero-order valence-electron chi connectivity index (χ0n) is 8.77. The van der Waals surface area contributed by atoms with Crippen LogP contribution < -0.4 is 9.47 Å². The Morgan fingerprint density at radius 1 is 1.06 bits per heavy atom. The fourth-order valence-electron chi connectivity index (χ4n) is 1.33. The molecule has 1 aromatic carbocycles. The van der Waals surface area contributed by atoms with Crippen LogP contribution in [0.4, 0.5) is 17.6 Å². The molecular weight excluding hydrogens is 240 g/mol. The molecule has 1 heterocycles. The largest absolute Gasteiger partial charge is 0.507 e. The number of hydrogen-bond donors (Lipinski definition) is 0. The lowest BCUT2D eigenvalue weighted by Gasteiger charge is -2.31. The summed E-state index contributed by atoms with van der Waals surface area (Å²) in [5.74, 6) is -0.854. The maximum atomic E-state index is 12.9. The lowest BCUT2D eigenvalue weighted by molar-refractivity contribution is -0.391. The second-order valence-electron chi connectivity index (χ2n) is 3.68. The molecule has 0 aromatic heterocycles. The van der Waals surface area contributed by atoms with E-state index in [4.69, 9.17) is 0 Å². The molecule has 17 heavy (non-hydrogen) atoms. The predicted octanol–water partition coefficient (Wildman–Crippen LogP) is 3.68. The molecule has 0 saturated carbocycles. The summed E-state index contributed by atoms with van der Waals surface area (Å²) in [6, 6.07) is 3.76. The highest BCUT2D eigenvalue weighted by molar-refractivity contribution is 5.64. The van der Waals surface area contributed by atoms with Crippen molar-refractivity contribution in [3.8, 4) is 11.5 Å². The quantitative estimate of drug-likeness (QED) is 0.706. The molecule has 1 aliphatic rings. The number of ether oxygens (including phenoxy) is 2.